The van der Waals surface area contributed by atoms with E-state index in [-0.39, 0.29) is 5.82 Å². The topological polar surface area (TPSA) is 52.0 Å². The van der Waals surface area contributed by atoms with E-state index >= 15 is 0 Å². The summed E-state index contributed by atoms with van der Waals surface area (Å²) in [6, 6.07) is 5.24. The fourth-order valence-corrected chi connectivity index (χ4v) is 1.88. The molecule has 1 heterocycles. The molecule has 0 atom stereocenters. The van der Waals surface area contributed by atoms with Crippen LogP contribution in [0.2, 0.25) is 10.0 Å². The van der Waals surface area contributed by atoms with Crippen LogP contribution >= 0.6 is 39.1 Å². The molecule has 0 bridgehead atoms. The maximum absolute atomic E-state index is 6.03. The van der Waals surface area contributed by atoms with Gasteiger partial charge in [-0.1, -0.05) is 34.4 Å². The number of hydrogen-bond donors (Lipinski definition) is 1. The summed E-state index contributed by atoms with van der Waals surface area (Å²) < 4.78 is 5.63. The number of nitrogens with two attached hydrogens (primary N) is 1. The number of hydrogen-bond acceptors (Lipinski definition) is 3. The predicted octanol–water partition coefficient (Wildman–Crippen LogP) is 3.99. The summed E-state index contributed by atoms with van der Waals surface area (Å²) in [5, 5.41) is 4.49. The molecule has 0 spiro atoms. The highest BCUT2D eigenvalue weighted by molar-refractivity contribution is 9.10. The molecule has 0 unspecified atom stereocenters. The summed E-state index contributed by atoms with van der Waals surface area (Å²) in [6.07, 6.45) is 0. The summed E-state index contributed by atoms with van der Waals surface area (Å²) in [7, 11) is 0. The van der Waals surface area contributed by atoms with E-state index in [0.29, 0.717) is 25.8 Å². The smallest absolute Gasteiger partial charge is 0.184 e. The first-order valence-corrected chi connectivity index (χ1v) is 5.51. The first kappa shape index (κ1) is 10.8. The molecule has 0 radical (unpaired) electrons. The van der Waals surface area contributed by atoms with Crippen molar-refractivity contribution in [2.24, 2.45) is 0 Å². The Morgan fingerprint density at radius 2 is 2.07 bits per heavy atom. The number of nitrogen functional groups attached to an aromatic ring is 1. The third-order valence-electron chi connectivity index (χ3n) is 1.86. The van der Waals surface area contributed by atoms with Crippen LogP contribution < -0.4 is 5.73 Å². The average Bonchev–Trinajstić information content (AvgIpc) is 2.53. The van der Waals surface area contributed by atoms with Crippen LogP contribution in [0.25, 0.3) is 11.3 Å². The summed E-state index contributed by atoms with van der Waals surface area (Å²) >= 11 is 15.2. The van der Waals surface area contributed by atoms with Gasteiger partial charge in [-0.3, -0.25) is 0 Å². The van der Waals surface area contributed by atoms with Gasteiger partial charge in [-0.2, -0.15) is 0 Å². The molecular formula is C9H5BrCl2N2O. The summed E-state index contributed by atoms with van der Waals surface area (Å²) in [4.78, 5) is 0. The average molecular weight is 308 g/mol. The fraction of sp³-hybridized carbons (Fsp3) is 0. The van der Waals surface area contributed by atoms with Gasteiger partial charge in [0, 0.05) is 5.56 Å². The number of rotatable bonds is 1. The summed E-state index contributed by atoms with van der Waals surface area (Å²) in [6.45, 7) is 0. The van der Waals surface area contributed by atoms with Crippen molar-refractivity contribution in [2.45, 2.75) is 0 Å². The molecule has 0 saturated heterocycles. The van der Waals surface area contributed by atoms with Gasteiger partial charge in [-0.25, -0.2) is 0 Å². The maximum atomic E-state index is 6.03. The van der Waals surface area contributed by atoms with Gasteiger partial charge in [0.15, 0.2) is 11.6 Å². The lowest BCUT2D eigenvalue weighted by Crippen LogP contribution is -1.83. The van der Waals surface area contributed by atoms with E-state index in [9.17, 15) is 0 Å². The van der Waals surface area contributed by atoms with Gasteiger partial charge in [0.25, 0.3) is 0 Å². The molecule has 6 heteroatoms. The monoisotopic (exact) mass is 306 g/mol. The van der Waals surface area contributed by atoms with E-state index in [1.165, 1.54) is 0 Å². The van der Waals surface area contributed by atoms with Crippen LogP contribution in [0.1, 0.15) is 0 Å². The van der Waals surface area contributed by atoms with E-state index in [2.05, 4.69) is 21.1 Å². The van der Waals surface area contributed by atoms with Crippen LogP contribution in [0.15, 0.2) is 27.2 Å². The van der Waals surface area contributed by atoms with Crippen molar-refractivity contribution in [2.75, 3.05) is 5.73 Å². The lowest BCUT2D eigenvalue weighted by Gasteiger charge is -2.01. The summed E-state index contributed by atoms with van der Waals surface area (Å²) in [5.74, 6) is 0.751. The molecule has 2 aromatic rings. The maximum Gasteiger partial charge on any atom is 0.184 e. The van der Waals surface area contributed by atoms with Gasteiger partial charge in [0.2, 0.25) is 0 Å². The second-order valence-corrected chi connectivity index (χ2v) is 4.39. The Labute approximate surface area is 104 Å². The fourth-order valence-electron chi connectivity index (χ4n) is 1.14. The Morgan fingerprint density at radius 3 is 2.67 bits per heavy atom. The third kappa shape index (κ3) is 1.85. The zero-order chi connectivity index (χ0) is 11.0. The molecule has 1 aromatic carbocycles. The zero-order valence-electron chi connectivity index (χ0n) is 7.30. The van der Waals surface area contributed by atoms with Crippen LogP contribution in [-0.4, -0.2) is 5.16 Å². The van der Waals surface area contributed by atoms with Gasteiger partial charge in [0.1, 0.15) is 4.47 Å². The van der Waals surface area contributed by atoms with Crippen molar-refractivity contribution in [3.63, 3.8) is 0 Å². The van der Waals surface area contributed by atoms with Gasteiger partial charge in [0.05, 0.1) is 10.0 Å². The SMILES string of the molecule is Nc1noc(-c2cccc(Cl)c2Cl)c1Br. The molecule has 2 N–H and O–H groups in total. The van der Waals surface area contributed by atoms with Crippen molar-refractivity contribution in [1.29, 1.82) is 0 Å². The predicted molar refractivity (Wildman–Crippen MR) is 64.1 cm³/mol. The molecule has 0 amide bonds. The molecule has 3 nitrogen and oxygen atoms in total. The Bertz CT molecular complexity index is 513. The Balaban J connectivity index is 2.64. The second kappa shape index (κ2) is 4.04. The van der Waals surface area contributed by atoms with Crippen molar-refractivity contribution in [3.05, 3.63) is 32.7 Å². The van der Waals surface area contributed by atoms with E-state index in [1.54, 1.807) is 18.2 Å². The molecule has 15 heavy (non-hydrogen) atoms. The van der Waals surface area contributed by atoms with Crippen LogP contribution in [0, 0.1) is 0 Å². The third-order valence-corrected chi connectivity index (χ3v) is 3.44. The van der Waals surface area contributed by atoms with Crippen molar-refractivity contribution in [3.8, 4) is 11.3 Å². The van der Waals surface area contributed by atoms with E-state index in [0.717, 1.165) is 0 Å². The largest absolute Gasteiger partial charge is 0.380 e. The molecule has 0 aliphatic heterocycles. The van der Waals surface area contributed by atoms with Gasteiger partial charge in [-0.05, 0) is 28.1 Å². The highest BCUT2D eigenvalue weighted by atomic mass is 79.9. The van der Waals surface area contributed by atoms with Crippen LogP contribution in [0.3, 0.4) is 0 Å². The highest BCUT2D eigenvalue weighted by Gasteiger charge is 2.16. The molecule has 2 rings (SSSR count). The van der Waals surface area contributed by atoms with Crippen molar-refractivity contribution >= 4 is 44.9 Å². The van der Waals surface area contributed by atoms with Crippen LogP contribution in [0.5, 0.6) is 0 Å². The molecular weight excluding hydrogens is 303 g/mol. The van der Waals surface area contributed by atoms with E-state index < -0.39 is 0 Å². The molecule has 0 aliphatic rings. The minimum atomic E-state index is 0.279. The number of benzene rings is 1. The van der Waals surface area contributed by atoms with Gasteiger partial charge < -0.3 is 10.3 Å². The first-order valence-electron chi connectivity index (χ1n) is 3.96. The second-order valence-electron chi connectivity index (χ2n) is 2.81. The minimum Gasteiger partial charge on any atom is -0.380 e. The number of anilines is 1. The van der Waals surface area contributed by atoms with Crippen LogP contribution in [0.4, 0.5) is 5.82 Å². The lowest BCUT2D eigenvalue weighted by atomic mass is 10.2. The quantitative estimate of drug-likeness (QED) is 0.866. The highest BCUT2D eigenvalue weighted by Crippen LogP contribution is 2.38. The molecule has 0 saturated carbocycles. The van der Waals surface area contributed by atoms with Crippen molar-refractivity contribution in [1.82, 2.24) is 5.16 Å². The number of nitrogens with zero attached hydrogens (tertiary/aromatic N) is 1. The molecule has 0 fully saturated rings. The minimum absolute atomic E-state index is 0.279. The standard InChI is InChI=1S/C9H5BrCl2N2O/c10-6-8(15-14-9(6)13)4-2-1-3-5(11)7(4)12/h1-3H,(H2,13,14). The zero-order valence-corrected chi connectivity index (χ0v) is 10.4. The molecule has 78 valence electrons. The number of halogens is 3. The van der Waals surface area contributed by atoms with Crippen LogP contribution in [-0.2, 0) is 0 Å². The summed E-state index contributed by atoms with van der Waals surface area (Å²) in [5.41, 5.74) is 6.19. The van der Waals surface area contributed by atoms with E-state index in [1.807, 2.05) is 0 Å². The molecule has 1 aromatic heterocycles. The van der Waals surface area contributed by atoms with Gasteiger partial charge in [-0.15, -0.1) is 0 Å². The normalized spacial score (nSPS) is 10.6. The molecule has 0 aliphatic carbocycles. The van der Waals surface area contributed by atoms with E-state index in [4.69, 9.17) is 33.5 Å². The Hall–Kier alpha value is -0.710. The lowest BCUT2D eigenvalue weighted by molar-refractivity contribution is 0.435. The first-order chi connectivity index (χ1) is 7.11. The van der Waals surface area contributed by atoms with Gasteiger partial charge >= 0.3 is 0 Å². The Morgan fingerprint density at radius 1 is 1.33 bits per heavy atom. The Kier molecular flexibility index (Phi) is 2.91. The van der Waals surface area contributed by atoms with Crippen molar-refractivity contribution < 1.29 is 4.52 Å². The number of aromatic nitrogens is 1.